The van der Waals surface area contributed by atoms with Crippen molar-refractivity contribution >= 4 is 39.5 Å². The van der Waals surface area contributed by atoms with Gasteiger partial charge in [0, 0.05) is 25.7 Å². The van der Waals surface area contributed by atoms with E-state index in [1.807, 2.05) is 18.2 Å². The van der Waals surface area contributed by atoms with Gasteiger partial charge >= 0.3 is 39.5 Å². The standard InChI is InChI=1S/C85H142O17P2/c1-5-9-13-17-21-25-29-33-36-38-39-41-44-47-50-54-58-62-66-70-83(88)96-76-81(102-85(90)72-68-64-60-56-52-48-42-35-31-27-23-19-15-11-7-3)78-100-104(93,94)98-74-79(86)73-97-103(91,92)99-77-80(101-84(89)71-67-63-59-55-51-45-32-28-24-20-16-12-8-4)75-95-82(87)69-65-61-57-53-49-46-43-40-37-34-30-26-22-18-14-10-6-2/h9-10,13-14,16,20-22,25-26,28,32-34,36-37,39,41,43,46-47,50,58,62,79-81,86H,5-8,11-12,15,17-19,23-24,27,29-31,35,38,40,42,44-45,48-49,51-57,59-61,63-78H2,1-4H3,(H,91,92)(H,93,94)/b13-9-,14-10-,20-16-,25-21-,26-22-,32-28-,36-33-,37-34-,41-39-,46-43-,50-47-,62-58-. The number of aliphatic hydroxyl groups is 1. The monoisotopic (exact) mass is 1500 g/mol. The zero-order chi connectivity index (χ0) is 76.0. The molecular weight excluding hydrogens is 1350 g/mol. The van der Waals surface area contributed by atoms with E-state index in [9.17, 15) is 43.2 Å². The third-order valence-electron chi connectivity index (χ3n) is 16.3. The summed E-state index contributed by atoms with van der Waals surface area (Å²) in [7, 11) is -9.99. The molecule has 0 spiro atoms. The van der Waals surface area contributed by atoms with Gasteiger partial charge in [-0.05, 0) is 128 Å². The summed E-state index contributed by atoms with van der Waals surface area (Å²) in [5, 5.41) is 10.6. The van der Waals surface area contributed by atoms with Gasteiger partial charge in [0.2, 0.25) is 0 Å². The van der Waals surface area contributed by atoms with Gasteiger partial charge in [0.25, 0.3) is 0 Å². The van der Waals surface area contributed by atoms with Crippen molar-refractivity contribution in [3.63, 3.8) is 0 Å². The summed E-state index contributed by atoms with van der Waals surface area (Å²) in [6.45, 7) is 4.47. The molecule has 5 atom stereocenters. The molecule has 0 aromatic carbocycles. The molecule has 0 radical (unpaired) electrons. The Balaban J connectivity index is 5.44. The van der Waals surface area contributed by atoms with Crippen LogP contribution in [0.1, 0.15) is 310 Å². The lowest BCUT2D eigenvalue weighted by Gasteiger charge is -2.21. The molecule has 104 heavy (non-hydrogen) atoms. The molecule has 0 heterocycles. The molecule has 0 bridgehead atoms. The van der Waals surface area contributed by atoms with E-state index in [1.54, 1.807) is 0 Å². The van der Waals surface area contributed by atoms with Gasteiger partial charge in [-0.3, -0.25) is 37.3 Å². The lowest BCUT2D eigenvalue weighted by Crippen LogP contribution is -2.30. The summed E-state index contributed by atoms with van der Waals surface area (Å²) in [6.07, 6.45) is 87.0. The number of esters is 4. The zero-order valence-electron chi connectivity index (χ0n) is 64.9. The van der Waals surface area contributed by atoms with Crippen LogP contribution < -0.4 is 0 Å². The van der Waals surface area contributed by atoms with Crippen LogP contribution in [0.2, 0.25) is 0 Å². The molecular formula is C85H142O17P2. The Bertz CT molecular complexity index is 2540. The first-order chi connectivity index (χ1) is 50.7. The van der Waals surface area contributed by atoms with Crippen LogP contribution in [0.25, 0.3) is 0 Å². The van der Waals surface area contributed by atoms with Crippen molar-refractivity contribution in [3.8, 4) is 0 Å². The molecule has 0 aromatic rings. The SMILES string of the molecule is CC/C=C\C/C=C\C/C=C\C/C=C\C/C=C\C/C=C\CCC(=O)OCC(COP(=O)(O)OCC(O)COP(=O)(O)OCC(COC(=O)CCCCCC/C=C\C/C=C\C/C=C\C/C=C\CC)OC(=O)CCCCCCC/C=C\C/C=C\CCC)OC(=O)CCCCCCCCCCCCCCCCC. The lowest BCUT2D eigenvalue weighted by molar-refractivity contribution is -0.161. The summed E-state index contributed by atoms with van der Waals surface area (Å²) in [5.74, 6) is -2.31. The first kappa shape index (κ1) is 98.9. The largest absolute Gasteiger partial charge is 0.472 e. The highest BCUT2D eigenvalue weighted by molar-refractivity contribution is 7.47. The van der Waals surface area contributed by atoms with Crippen molar-refractivity contribution in [2.75, 3.05) is 39.6 Å². The van der Waals surface area contributed by atoms with E-state index >= 15 is 0 Å². The van der Waals surface area contributed by atoms with Gasteiger partial charge in [-0.2, -0.15) is 0 Å². The summed E-state index contributed by atoms with van der Waals surface area (Å²) in [6, 6.07) is 0. The molecule has 0 saturated heterocycles. The van der Waals surface area contributed by atoms with Crippen molar-refractivity contribution in [1.82, 2.24) is 0 Å². The van der Waals surface area contributed by atoms with Crippen molar-refractivity contribution in [2.45, 2.75) is 329 Å². The van der Waals surface area contributed by atoms with Gasteiger partial charge in [-0.15, -0.1) is 0 Å². The van der Waals surface area contributed by atoms with Crippen molar-refractivity contribution in [1.29, 1.82) is 0 Å². The maximum Gasteiger partial charge on any atom is 0.472 e. The minimum absolute atomic E-state index is 0.0341. The quantitative estimate of drug-likeness (QED) is 0.0169. The Morgan fingerprint density at radius 2 is 0.538 bits per heavy atom. The molecule has 0 saturated carbocycles. The van der Waals surface area contributed by atoms with E-state index < -0.39 is 97.5 Å². The molecule has 5 unspecified atom stereocenters. The van der Waals surface area contributed by atoms with E-state index in [2.05, 4.69) is 155 Å². The number of ether oxygens (including phenoxy) is 4. The normalized spacial score (nSPS) is 14.6. The summed E-state index contributed by atoms with van der Waals surface area (Å²) in [5.41, 5.74) is 0. The third-order valence-corrected chi connectivity index (χ3v) is 18.2. The second-order valence-corrected chi connectivity index (χ2v) is 29.2. The molecule has 0 rings (SSSR count). The van der Waals surface area contributed by atoms with Crippen molar-refractivity contribution in [2.24, 2.45) is 0 Å². The second-order valence-electron chi connectivity index (χ2n) is 26.2. The molecule has 3 N–H and O–H groups in total. The van der Waals surface area contributed by atoms with Crippen LogP contribution in [0.3, 0.4) is 0 Å². The van der Waals surface area contributed by atoms with E-state index in [0.717, 1.165) is 161 Å². The van der Waals surface area contributed by atoms with Crippen LogP contribution in [0.5, 0.6) is 0 Å². The minimum atomic E-state index is -5.00. The van der Waals surface area contributed by atoms with E-state index in [-0.39, 0.29) is 25.7 Å². The van der Waals surface area contributed by atoms with Gasteiger partial charge in [0.15, 0.2) is 12.2 Å². The van der Waals surface area contributed by atoms with Crippen LogP contribution in [0.4, 0.5) is 0 Å². The molecule has 0 aliphatic heterocycles. The predicted molar refractivity (Wildman–Crippen MR) is 427 cm³/mol. The smallest absolute Gasteiger partial charge is 0.462 e. The van der Waals surface area contributed by atoms with Gasteiger partial charge in [-0.25, -0.2) is 9.13 Å². The molecule has 0 aliphatic rings. The predicted octanol–water partition coefficient (Wildman–Crippen LogP) is 23.4. The highest BCUT2D eigenvalue weighted by Crippen LogP contribution is 2.45. The first-order valence-electron chi connectivity index (χ1n) is 40.1. The highest BCUT2D eigenvalue weighted by Gasteiger charge is 2.30. The average molecular weight is 1500 g/mol. The maximum absolute atomic E-state index is 13.1. The molecule has 0 aliphatic carbocycles. The molecule has 17 nitrogen and oxygen atoms in total. The zero-order valence-corrected chi connectivity index (χ0v) is 66.7. The fourth-order valence-electron chi connectivity index (χ4n) is 10.3. The average Bonchev–Trinajstić information content (AvgIpc) is 0.911. The summed E-state index contributed by atoms with van der Waals surface area (Å²) in [4.78, 5) is 73.0. The number of phosphoric acid groups is 2. The number of unbranched alkanes of at least 4 members (excludes halogenated alkanes) is 24. The van der Waals surface area contributed by atoms with Crippen LogP contribution >= 0.6 is 15.6 Å². The maximum atomic E-state index is 13.1. The van der Waals surface area contributed by atoms with Crippen LogP contribution in [0.15, 0.2) is 146 Å². The number of rotatable bonds is 74. The van der Waals surface area contributed by atoms with Crippen LogP contribution in [-0.4, -0.2) is 96.7 Å². The number of carbonyl (C=O) groups excluding carboxylic acids is 4. The molecule has 0 fully saturated rings. The topological polar surface area (TPSA) is 237 Å². The van der Waals surface area contributed by atoms with Crippen LogP contribution in [0, 0.1) is 0 Å². The summed E-state index contributed by atoms with van der Waals surface area (Å²) >= 11 is 0. The molecule has 0 amide bonds. The minimum Gasteiger partial charge on any atom is -0.462 e. The molecule has 0 aromatic heterocycles. The van der Waals surface area contributed by atoms with E-state index in [0.29, 0.717) is 32.1 Å². The highest BCUT2D eigenvalue weighted by atomic mass is 31.2. The first-order valence-corrected chi connectivity index (χ1v) is 43.1. The number of phosphoric ester groups is 2. The number of hydrogen-bond acceptors (Lipinski definition) is 15. The lowest BCUT2D eigenvalue weighted by atomic mass is 10.0. The number of allylic oxidation sites excluding steroid dienone is 24. The Hall–Kier alpha value is -5.06. The van der Waals surface area contributed by atoms with E-state index in [1.165, 1.54) is 64.2 Å². The van der Waals surface area contributed by atoms with Crippen molar-refractivity contribution in [3.05, 3.63) is 146 Å². The fraction of sp³-hybridized carbons (Fsp3) is 0.671. The Kier molecular flexibility index (Phi) is 72.4. The van der Waals surface area contributed by atoms with Crippen LogP contribution in [-0.2, 0) is 65.4 Å². The van der Waals surface area contributed by atoms with Gasteiger partial charge in [-0.1, -0.05) is 302 Å². The Labute approximate surface area is 630 Å². The number of aliphatic hydroxyl groups excluding tert-OH is 1. The van der Waals surface area contributed by atoms with Gasteiger partial charge < -0.3 is 33.8 Å². The van der Waals surface area contributed by atoms with Crippen molar-refractivity contribution < 1.29 is 80.2 Å². The number of carbonyl (C=O) groups is 4. The fourth-order valence-corrected chi connectivity index (χ4v) is 11.9. The third kappa shape index (κ3) is 75.2. The van der Waals surface area contributed by atoms with Gasteiger partial charge in [0.1, 0.15) is 19.3 Å². The summed E-state index contributed by atoms with van der Waals surface area (Å²) < 4.78 is 68.5. The Morgan fingerprint density at radius 3 is 0.865 bits per heavy atom. The number of hydrogen-bond donors (Lipinski definition) is 3. The van der Waals surface area contributed by atoms with Gasteiger partial charge in [0.05, 0.1) is 26.4 Å². The molecule has 594 valence electrons. The Morgan fingerprint density at radius 1 is 0.279 bits per heavy atom. The molecule has 19 heteroatoms. The van der Waals surface area contributed by atoms with E-state index in [4.69, 9.17) is 37.0 Å². The second kappa shape index (κ2) is 76.1.